The van der Waals surface area contributed by atoms with E-state index in [1.165, 1.54) is 0 Å². The van der Waals surface area contributed by atoms with Gasteiger partial charge in [-0.1, -0.05) is 0 Å². The van der Waals surface area contributed by atoms with E-state index < -0.39 is 29.6 Å². The Morgan fingerprint density at radius 1 is 1.45 bits per heavy atom. The average molecular weight is 285 g/mol. The monoisotopic (exact) mass is 285 g/mol. The summed E-state index contributed by atoms with van der Waals surface area (Å²) in [4.78, 5) is 49.1. The number of amides is 1. The Bertz CT molecular complexity index is 546. The lowest BCUT2D eigenvalue weighted by atomic mass is 10.1. The van der Waals surface area contributed by atoms with E-state index in [0.29, 0.717) is 0 Å². The second kappa shape index (κ2) is 7.12. The van der Waals surface area contributed by atoms with Gasteiger partial charge in [0.1, 0.15) is 11.7 Å². The number of carboxylic acids is 1. The van der Waals surface area contributed by atoms with Gasteiger partial charge in [0, 0.05) is 12.6 Å². The fraction of sp³-hybridized carbons (Fsp3) is 0.455. The zero-order valence-electron chi connectivity index (χ0n) is 10.8. The van der Waals surface area contributed by atoms with Crippen LogP contribution in [0.2, 0.25) is 0 Å². The number of hydrogen-bond acceptors (Lipinski definition) is 5. The van der Waals surface area contributed by atoms with Crippen molar-refractivity contribution >= 4 is 17.8 Å². The molecule has 1 rings (SSSR count). The van der Waals surface area contributed by atoms with Crippen molar-refractivity contribution in [3.05, 3.63) is 22.4 Å². The van der Waals surface area contributed by atoms with Crippen LogP contribution in [0.5, 0.6) is 0 Å². The molecule has 4 N–H and O–H groups in total. The summed E-state index contributed by atoms with van der Waals surface area (Å²) >= 11 is 0. The van der Waals surface area contributed by atoms with Crippen molar-refractivity contribution in [2.24, 2.45) is 0 Å². The first-order valence-corrected chi connectivity index (χ1v) is 5.91. The van der Waals surface area contributed by atoms with Gasteiger partial charge in [0.05, 0.1) is 6.61 Å². The molecule has 9 nitrogen and oxygen atoms in total. The Labute approximate surface area is 113 Å². The molecule has 0 saturated carbocycles. The summed E-state index contributed by atoms with van der Waals surface area (Å²) in [6.07, 6.45) is 0.894. The molecule has 1 amide bonds. The number of aliphatic carboxylic acids is 1. The van der Waals surface area contributed by atoms with E-state index in [1.54, 1.807) is 6.92 Å². The summed E-state index contributed by atoms with van der Waals surface area (Å²) in [5, 5.41) is 11.2. The number of aromatic nitrogens is 2. The zero-order chi connectivity index (χ0) is 15.1. The molecule has 0 aliphatic carbocycles. The van der Waals surface area contributed by atoms with E-state index in [0.717, 1.165) is 6.20 Å². The first-order chi connectivity index (χ1) is 9.43. The van der Waals surface area contributed by atoms with E-state index in [2.05, 4.69) is 20.0 Å². The SMILES string of the molecule is CCOC(=O)CC[C@H](NC(=O)c1c[nH]c(=O)[nH]1)C(=O)O. The second-order valence-electron chi connectivity index (χ2n) is 3.86. The fourth-order valence-electron chi connectivity index (χ4n) is 1.44. The van der Waals surface area contributed by atoms with Crippen molar-refractivity contribution in [2.75, 3.05) is 6.61 Å². The van der Waals surface area contributed by atoms with E-state index in [1.807, 2.05) is 0 Å². The summed E-state index contributed by atoms with van der Waals surface area (Å²) < 4.78 is 4.67. The van der Waals surface area contributed by atoms with Gasteiger partial charge in [-0.15, -0.1) is 0 Å². The Morgan fingerprint density at radius 2 is 2.15 bits per heavy atom. The Morgan fingerprint density at radius 3 is 2.65 bits per heavy atom. The minimum Gasteiger partial charge on any atom is -0.480 e. The molecule has 20 heavy (non-hydrogen) atoms. The van der Waals surface area contributed by atoms with E-state index in [4.69, 9.17) is 5.11 Å². The van der Waals surface area contributed by atoms with Crippen LogP contribution in [0, 0.1) is 0 Å². The average Bonchev–Trinajstić information content (AvgIpc) is 2.81. The zero-order valence-corrected chi connectivity index (χ0v) is 10.8. The molecule has 9 heteroatoms. The van der Waals surface area contributed by atoms with Crippen LogP contribution in [0.1, 0.15) is 30.3 Å². The molecular formula is C11H15N3O6. The molecule has 0 spiro atoms. The van der Waals surface area contributed by atoms with Gasteiger partial charge in [0.15, 0.2) is 0 Å². The molecule has 110 valence electrons. The summed E-state index contributed by atoms with van der Waals surface area (Å²) in [7, 11) is 0. The predicted molar refractivity (Wildman–Crippen MR) is 66.2 cm³/mol. The highest BCUT2D eigenvalue weighted by Crippen LogP contribution is 2.01. The van der Waals surface area contributed by atoms with Gasteiger partial charge in [-0.05, 0) is 13.3 Å². The number of rotatable bonds is 7. The number of imidazole rings is 1. The molecule has 1 heterocycles. The molecule has 0 aliphatic heterocycles. The number of H-pyrrole nitrogens is 2. The lowest BCUT2D eigenvalue weighted by Crippen LogP contribution is -2.41. The molecule has 0 saturated heterocycles. The molecular weight excluding hydrogens is 270 g/mol. The Kier molecular flexibility index (Phi) is 5.51. The molecule has 0 unspecified atom stereocenters. The van der Waals surface area contributed by atoms with E-state index in [-0.39, 0.29) is 25.1 Å². The van der Waals surface area contributed by atoms with Gasteiger partial charge >= 0.3 is 17.6 Å². The summed E-state index contributed by atoms with van der Waals surface area (Å²) in [6, 6.07) is -1.25. The third-order valence-corrected chi connectivity index (χ3v) is 2.39. The number of carbonyl (C=O) groups excluding carboxylic acids is 2. The molecule has 0 aromatic carbocycles. The number of carboxylic acid groups (broad SMARTS) is 1. The van der Waals surface area contributed by atoms with E-state index in [9.17, 15) is 19.2 Å². The van der Waals surface area contributed by atoms with Crippen LogP contribution in [-0.4, -0.2) is 45.6 Å². The quantitative estimate of drug-likeness (QED) is 0.485. The maximum absolute atomic E-state index is 11.7. The molecule has 0 fully saturated rings. The number of carbonyl (C=O) groups is 3. The summed E-state index contributed by atoms with van der Waals surface area (Å²) in [6.45, 7) is 1.84. The van der Waals surface area contributed by atoms with Crippen LogP contribution < -0.4 is 11.0 Å². The van der Waals surface area contributed by atoms with Gasteiger partial charge in [-0.25, -0.2) is 9.59 Å². The number of nitrogens with one attached hydrogen (secondary N) is 3. The van der Waals surface area contributed by atoms with E-state index >= 15 is 0 Å². The first kappa shape index (κ1) is 15.5. The maximum atomic E-state index is 11.7. The number of esters is 1. The summed E-state index contributed by atoms with van der Waals surface area (Å²) in [5.74, 6) is -2.57. The van der Waals surface area contributed by atoms with Crippen molar-refractivity contribution in [1.82, 2.24) is 15.3 Å². The predicted octanol–water partition coefficient (Wildman–Crippen LogP) is -0.771. The lowest BCUT2D eigenvalue weighted by Gasteiger charge is -2.13. The third-order valence-electron chi connectivity index (χ3n) is 2.39. The molecule has 0 bridgehead atoms. The Hall–Kier alpha value is -2.58. The van der Waals surface area contributed by atoms with Gasteiger partial charge in [-0.3, -0.25) is 9.59 Å². The van der Waals surface area contributed by atoms with Gasteiger partial charge in [-0.2, -0.15) is 0 Å². The number of hydrogen-bond donors (Lipinski definition) is 4. The van der Waals surface area contributed by atoms with Crippen molar-refractivity contribution in [2.45, 2.75) is 25.8 Å². The van der Waals surface area contributed by atoms with Crippen LogP contribution in [0.3, 0.4) is 0 Å². The minimum absolute atomic E-state index is 0.0858. The first-order valence-electron chi connectivity index (χ1n) is 5.91. The van der Waals surface area contributed by atoms with Gasteiger partial charge < -0.3 is 25.1 Å². The molecule has 1 atom stereocenters. The van der Waals surface area contributed by atoms with Crippen molar-refractivity contribution in [3.63, 3.8) is 0 Å². The van der Waals surface area contributed by atoms with Crippen LogP contribution in [0.15, 0.2) is 11.0 Å². The normalized spacial score (nSPS) is 11.7. The van der Waals surface area contributed by atoms with Crippen LogP contribution in [-0.2, 0) is 14.3 Å². The summed E-state index contributed by atoms with van der Waals surface area (Å²) in [5.41, 5.74) is -0.661. The van der Waals surface area contributed by atoms with Crippen molar-refractivity contribution in [3.8, 4) is 0 Å². The molecule has 1 aromatic rings. The lowest BCUT2D eigenvalue weighted by molar-refractivity contribution is -0.144. The minimum atomic E-state index is -1.28. The molecule has 1 aromatic heterocycles. The van der Waals surface area contributed by atoms with Crippen LogP contribution >= 0.6 is 0 Å². The fourth-order valence-corrected chi connectivity index (χ4v) is 1.44. The molecule has 0 aliphatic rings. The second-order valence-corrected chi connectivity index (χ2v) is 3.86. The van der Waals surface area contributed by atoms with Crippen LogP contribution in [0.25, 0.3) is 0 Å². The highest BCUT2D eigenvalue weighted by atomic mass is 16.5. The van der Waals surface area contributed by atoms with Crippen molar-refractivity contribution < 1.29 is 24.2 Å². The molecule has 0 radical (unpaired) electrons. The third kappa shape index (κ3) is 4.59. The van der Waals surface area contributed by atoms with Gasteiger partial charge in [0.2, 0.25) is 0 Å². The van der Waals surface area contributed by atoms with Gasteiger partial charge in [0.25, 0.3) is 5.91 Å². The topological polar surface area (TPSA) is 141 Å². The maximum Gasteiger partial charge on any atom is 0.326 e. The smallest absolute Gasteiger partial charge is 0.326 e. The number of aromatic amines is 2. The highest BCUT2D eigenvalue weighted by Gasteiger charge is 2.22. The largest absolute Gasteiger partial charge is 0.480 e. The number of ether oxygens (including phenoxy) is 1. The standard InChI is InChI=1S/C11H15N3O6/c1-2-20-8(15)4-3-6(10(17)18)13-9(16)7-5-12-11(19)14-7/h5-6H,2-4H2,1H3,(H,13,16)(H,17,18)(H2,12,14,19)/t6-/m0/s1. The Balaban J connectivity index is 2.59. The highest BCUT2D eigenvalue weighted by molar-refractivity contribution is 5.94. The van der Waals surface area contributed by atoms with Crippen molar-refractivity contribution in [1.29, 1.82) is 0 Å². The van der Waals surface area contributed by atoms with Crippen LogP contribution in [0.4, 0.5) is 0 Å².